The van der Waals surface area contributed by atoms with Crippen molar-refractivity contribution in [2.75, 3.05) is 26.7 Å². The van der Waals surface area contributed by atoms with Gasteiger partial charge in [0, 0.05) is 20.0 Å². The van der Waals surface area contributed by atoms with Gasteiger partial charge in [-0.3, -0.25) is 4.79 Å². The minimum Gasteiger partial charge on any atom is -0.489 e. The van der Waals surface area contributed by atoms with Crippen molar-refractivity contribution >= 4 is 5.91 Å². The second-order valence-electron chi connectivity index (χ2n) is 3.63. The number of hydrogen-bond donors (Lipinski definition) is 1. The highest BCUT2D eigenvalue weighted by atomic mass is 19.1. The predicted molar refractivity (Wildman–Crippen MR) is 63.2 cm³/mol. The van der Waals surface area contributed by atoms with E-state index in [0.29, 0.717) is 19.5 Å². The minimum atomic E-state index is -0.400. The molecule has 0 bridgehead atoms. The topological polar surface area (TPSA) is 55.6 Å². The fraction of sp³-hybridized carbons (Fsp3) is 0.417. The maximum atomic E-state index is 13.2. The molecule has 0 aliphatic heterocycles. The monoisotopic (exact) mass is 240 g/mol. The summed E-state index contributed by atoms with van der Waals surface area (Å²) in [4.78, 5) is 12.9. The van der Waals surface area contributed by atoms with Crippen LogP contribution in [0.1, 0.15) is 6.42 Å². The molecule has 0 unspecified atom stereocenters. The Morgan fingerprint density at radius 2 is 2.18 bits per heavy atom. The summed E-state index contributed by atoms with van der Waals surface area (Å²) in [6, 6.07) is 6.18. The standard InChI is InChI=1S/C12H17FN2O2/c1-15(12(16)6-7-14)8-9-17-11-5-3-2-4-10(11)13/h2-5H,6-9,14H2,1H3. The van der Waals surface area contributed by atoms with E-state index in [4.69, 9.17) is 10.5 Å². The van der Waals surface area contributed by atoms with Crippen LogP contribution in [-0.2, 0) is 4.79 Å². The third-order valence-corrected chi connectivity index (χ3v) is 2.30. The predicted octanol–water partition coefficient (Wildman–Crippen LogP) is 1.01. The molecule has 0 atom stereocenters. The van der Waals surface area contributed by atoms with Gasteiger partial charge in [-0.05, 0) is 12.1 Å². The Morgan fingerprint density at radius 1 is 1.47 bits per heavy atom. The first-order chi connectivity index (χ1) is 8.15. The van der Waals surface area contributed by atoms with Crippen LogP contribution in [-0.4, -0.2) is 37.6 Å². The number of ether oxygens (including phenoxy) is 1. The first-order valence-corrected chi connectivity index (χ1v) is 5.46. The highest BCUT2D eigenvalue weighted by molar-refractivity contribution is 5.75. The molecule has 0 heterocycles. The minimum absolute atomic E-state index is 0.0374. The van der Waals surface area contributed by atoms with Gasteiger partial charge in [-0.15, -0.1) is 0 Å². The molecule has 0 aliphatic rings. The van der Waals surface area contributed by atoms with Crippen LogP contribution < -0.4 is 10.5 Å². The first-order valence-electron chi connectivity index (χ1n) is 5.46. The summed E-state index contributed by atoms with van der Waals surface area (Å²) in [5.41, 5.74) is 5.28. The molecular formula is C12H17FN2O2. The Bertz CT molecular complexity index is 371. The molecule has 1 amide bonds. The number of carbonyl (C=O) groups excluding carboxylic acids is 1. The number of rotatable bonds is 6. The first kappa shape index (κ1) is 13.4. The molecule has 1 aromatic rings. The molecule has 0 aliphatic carbocycles. The van der Waals surface area contributed by atoms with Crippen LogP contribution in [0.25, 0.3) is 0 Å². The fourth-order valence-electron chi connectivity index (χ4n) is 1.29. The molecule has 0 spiro atoms. The van der Waals surface area contributed by atoms with Crippen molar-refractivity contribution in [3.8, 4) is 5.75 Å². The molecule has 0 fully saturated rings. The van der Waals surface area contributed by atoms with Crippen molar-refractivity contribution in [1.82, 2.24) is 4.90 Å². The lowest BCUT2D eigenvalue weighted by atomic mass is 10.3. The Labute approximate surface area is 100 Å². The quantitative estimate of drug-likeness (QED) is 0.807. The number of nitrogens with two attached hydrogens (primary N) is 1. The smallest absolute Gasteiger partial charge is 0.223 e. The largest absolute Gasteiger partial charge is 0.489 e. The van der Waals surface area contributed by atoms with Gasteiger partial charge in [-0.1, -0.05) is 12.1 Å². The second-order valence-corrected chi connectivity index (χ2v) is 3.63. The molecule has 5 heteroatoms. The van der Waals surface area contributed by atoms with Gasteiger partial charge in [0.2, 0.25) is 5.91 Å². The van der Waals surface area contributed by atoms with Crippen LogP contribution in [0.5, 0.6) is 5.75 Å². The lowest BCUT2D eigenvalue weighted by Gasteiger charge is -2.17. The average Bonchev–Trinajstić information content (AvgIpc) is 2.31. The van der Waals surface area contributed by atoms with E-state index < -0.39 is 5.82 Å². The van der Waals surface area contributed by atoms with E-state index in [-0.39, 0.29) is 18.3 Å². The van der Waals surface area contributed by atoms with Crippen molar-refractivity contribution in [1.29, 1.82) is 0 Å². The van der Waals surface area contributed by atoms with Gasteiger partial charge >= 0.3 is 0 Å². The summed E-state index contributed by atoms with van der Waals surface area (Å²) in [6.45, 7) is 0.998. The molecule has 4 nitrogen and oxygen atoms in total. The third kappa shape index (κ3) is 4.40. The van der Waals surface area contributed by atoms with E-state index >= 15 is 0 Å². The number of nitrogens with zero attached hydrogens (tertiary/aromatic N) is 1. The highest BCUT2D eigenvalue weighted by Crippen LogP contribution is 2.14. The van der Waals surface area contributed by atoms with Gasteiger partial charge in [-0.25, -0.2) is 4.39 Å². The summed E-state index contributed by atoms with van der Waals surface area (Å²) < 4.78 is 18.4. The van der Waals surface area contributed by atoms with E-state index in [1.54, 1.807) is 25.2 Å². The number of benzene rings is 1. The summed E-state index contributed by atoms with van der Waals surface area (Å²) in [5, 5.41) is 0. The molecule has 0 saturated heterocycles. The maximum absolute atomic E-state index is 13.2. The number of carbonyl (C=O) groups is 1. The molecule has 0 aromatic heterocycles. The van der Waals surface area contributed by atoms with Crippen LogP contribution >= 0.6 is 0 Å². The molecular weight excluding hydrogens is 223 g/mol. The third-order valence-electron chi connectivity index (χ3n) is 2.30. The number of halogens is 1. The summed E-state index contributed by atoms with van der Waals surface area (Å²) in [7, 11) is 1.67. The van der Waals surface area contributed by atoms with Crippen LogP contribution in [0.2, 0.25) is 0 Å². The highest BCUT2D eigenvalue weighted by Gasteiger charge is 2.07. The van der Waals surface area contributed by atoms with Crippen LogP contribution in [0.15, 0.2) is 24.3 Å². The van der Waals surface area contributed by atoms with Crippen LogP contribution in [0, 0.1) is 5.82 Å². The van der Waals surface area contributed by atoms with E-state index in [9.17, 15) is 9.18 Å². The second kappa shape index (κ2) is 6.85. The SMILES string of the molecule is CN(CCOc1ccccc1F)C(=O)CCN. The van der Waals surface area contributed by atoms with Gasteiger partial charge in [-0.2, -0.15) is 0 Å². The Hall–Kier alpha value is -1.62. The summed E-state index contributed by atoms with van der Waals surface area (Å²) in [5.74, 6) is -0.236. The molecule has 1 rings (SSSR count). The molecule has 0 radical (unpaired) electrons. The number of likely N-dealkylation sites (N-methyl/N-ethyl adjacent to an activating group) is 1. The van der Waals surface area contributed by atoms with E-state index in [1.165, 1.54) is 11.0 Å². The molecule has 0 saturated carbocycles. The zero-order valence-electron chi connectivity index (χ0n) is 9.86. The Balaban J connectivity index is 2.33. The molecule has 1 aromatic carbocycles. The molecule has 94 valence electrons. The Kier molecular flexibility index (Phi) is 5.42. The number of amides is 1. The normalized spacial score (nSPS) is 10.1. The lowest BCUT2D eigenvalue weighted by Crippen LogP contribution is -2.32. The zero-order valence-corrected chi connectivity index (χ0v) is 9.86. The molecule has 2 N–H and O–H groups in total. The van der Waals surface area contributed by atoms with Crippen molar-refractivity contribution in [2.24, 2.45) is 5.73 Å². The van der Waals surface area contributed by atoms with Gasteiger partial charge in [0.15, 0.2) is 11.6 Å². The Morgan fingerprint density at radius 3 is 2.82 bits per heavy atom. The van der Waals surface area contributed by atoms with Crippen molar-refractivity contribution < 1.29 is 13.9 Å². The van der Waals surface area contributed by atoms with Gasteiger partial charge < -0.3 is 15.4 Å². The van der Waals surface area contributed by atoms with Crippen molar-refractivity contribution in [2.45, 2.75) is 6.42 Å². The van der Waals surface area contributed by atoms with E-state index in [1.807, 2.05) is 0 Å². The van der Waals surface area contributed by atoms with Crippen molar-refractivity contribution in [3.63, 3.8) is 0 Å². The zero-order chi connectivity index (χ0) is 12.7. The van der Waals surface area contributed by atoms with Crippen molar-refractivity contribution in [3.05, 3.63) is 30.1 Å². The van der Waals surface area contributed by atoms with Gasteiger partial charge in [0.05, 0.1) is 6.54 Å². The van der Waals surface area contributed by atoms with Crippen LogP contribution in [0.3, 0.4) is 0 Å². The number of para-hydroxylation sites is 1. The summed E-state index contributed by atoms with van der Waals surface area (Å²) >= 11 is 0. The lowest BCUT2D eigenvalue weighted by molar-refractivity contribution is -0.130. The van der Waals surface area contributed by atoms with Gasteiger partial charge in [0.1, 0.15) is 6.61 Å². The van der Waals surface area contributed by atoms with E-state index in [0.717, 1.165) is 0 Å². The van der Waals surface area contributed by atoms with Crippen LogP contribution in [0.4, 0.5) is 4.39 Å². The number of hydrogen-bond acceptors (Lipinski definition) is 3. The maximum Gasteiger partial charge on any atom is 0.223 e. The fourth-order valence-corrected chi connectivity index (χ4v) is 1.29. The molecule has 17 heavy (non-hydrogen) atoms. The summed E-state index contributed by atoms with van der Waals surface area (Å²) in [6.07, 6.45) is 0.316. The van der Waals surface area contributed by atoms with Gasteiger partial charge in [0.25, 0.3) is 0 Å². The van der Waals surface area contributed by atoms with E-state index in [2.05, 4.69) is 0 Å². The average molecular weight is 240 g/mol.